The number of ether oxygens (including phenoxy) is 1. The van der Waals surface area contributed by atoms with E-state index in [9.17, 15) is 4.39 Å². The van der Waals surface area contributed by atoms with Gasteiger partial charge in [0.15, 0.2) is 0 Å². The fraction of sp³-hybridized carbons (Fsp3) is 0.250. The molecule has 2 N–H and O–H groups in total. The molecule has 2 rings (SSSR count). The first-order valence-electron chi connectivity index (χ1n) is 6.20. The summed E-state index contributed by atoms with van der Waals surface area (Å²) in [7, 11) is 0. The van der Waals surface area contributed by atoms with Crippen LogP contribution in [0.5, 0.6) is 11.5 Å². The molecule has 2 aromatic carbocycles. The normalized spacial score (nSPS) is 11.4. The second-order valence-electron chi connectivity index (χ2n) is 5.57. The van der Waals surface area contributed by atoms with Gasteiger partial charge < -0.3 is 10.5 Å². The largest absolute Gasteiger partial charge is 0.457 e. The Labute approximate surface area is 113 Å². The maximum atomic E-state index is 13.3. The Morgan fingerprint density at radius 1 is 1.05 bits per heavy atom. The van der Waals surface area contributed by atoms with Gasteiger partial charge in [-0.2, -0.15) is 0 Å². The molecule has 0 heterocycles. The zero-order chi connectivity index (χ0) is 14.0. The number of benzene rings is 2. The van der Waals surface area contributed by atoms with Gasteiger partial charge in [0.2, 0.25) is 0 Å². The molecule has 0 radical (unpaired) electrons. The molecule has 0 unspecified atom stereocenters. The molecule has 2 nitrogen and oxygen atoms in total. The van der Waals surface area contributed by atoms with Crippen molar-refractivity contribution in [2.45, 2.75) is 26.2 Å². The van der Waals surface area contributed by atoms with E-state index in [4.69, 9.17) is 10.5 Å². The number of halogens is 1. The Hall–Kier alpha value is -2.03. The monoisotopic (exact) mass is 259 g/mol. The van der Waals surface area contributed by atoms with Crippen LogP contribution in [0.1, 0.15) is 26.3 Å². The van der Waals surface area contributed by atoms with E-state index < -0.39 is 5.82 Å². The van der Waals surface area contributed by atoms with Gasteiger partial charge in [0.1, 0.15) is 17.3 Å². The second kappa shape index (κ2) is 4.92. The van der Waals surface area contributed by atoms with E-state index >= 15 is 0 Å². The Morgan fingerprint density at radius 2 is 1.74 bits per heavy atom. The van der Waals surface area contributed by atoms with Crippen LogP contribution in [0.3, 0.4) is 0 Å². The summed E-state index contributed by atoms with van der Waals surface area (Å²) in [5, 5.41) is 0. The predicted octanol–water partition coefficient (Wildman–Crippen LogP) is 4.50. The van der Waals surface area contributed by atoms with Gasteiger partial charge in [-0.15, -0.1) is 0 Å². The molecule has 0 bridgehead atoms. The van der Waals surface area contributed by atoms with Crippen molar-refractivity contribution in [2.24, 2.45) is 0 Å². The number of para-hydroxylation sites is 1. The first kappa shape index (κ1) is 13.4. The molecule has 19 heavy (non-hydrogen) atoms. The van der Waals surface area contributed by atoms with Crippen molar-refractivity contribution >= 4 is 5.69 Å². The number of rotatable bonds is 2. The van der Waals surface area contributed by atoms with Crippen molar-refractivity contribution in [3.63, 3.8) is 0 Å². The molecular weight excluding hydrogens is 241 g/mol. The zero-order valence-electron chi connectivity index (χ0n) is 11.4. The van der Waals surface area contributed by atoms with Gasteiger partial charge in [0, 0.05) is 23.4 Å². The summed E-state index contributed by atoms with van der Waals surface area (Å²) in [5.41, 5.74) is 6.99. The molecule has 100 valence electrons. The smallest absolute Gasteiger partial charge is 0.132 e. The van der Waals surface area contributed by atoms with E-state index in [1.807, 2.05) is 24.3 Å². The Balaban J connectivity index is 2.38. The predicted molar refractivity (Wildman–Crippen MR) is 76.0 cm³/mol. The fourth-order valence-electron chi connectivity index (χ4n) is 1.95. The van der Waals surface area contributed by atoms with Crippen molar-refractivity contribution in [1.29, 1.82) is 0 Å². The standard InChI is InChI=1S/C16H18FNO/c1-16(2,3)14-6-4-5-7-15(14)19-13-9-11(17)8-12(18)10-13/h4-10H,18H2,1-3H3. The number of nitrogens with two attached hydrogens (primary N) is 1. The number of nitrogen functional groups attached to an aromatic ring is 1. The summed E-state index contributed by atoms with van der Waals surface area (Å²) < 4.78 is 19.1. The van der Waals surface area contributed by atoms with Crippen molar-refractivity contribution in [1.82, 2.24) is 0 Å². The SMILES string of the molecule is CC(C)(C)c1ccccc1Oc1cc(N)cc(F)c1. The first-order chi connectivity index (χ1) is 8.86. The molecule has 3 heteroatoms. The fourth-order valence-corrected chi connectivity index (χ4v) is 1.95. The van der Waals surface area contributed by atoms with Crippen LogP contribution in [-0.4, -0.2) is 0 Å². The Morgan fingerprint density at radius 3 is 2.37 bits per heavy atom. The van der Waals surface area contributed by atoms with Gasteiger partial charge >= 0.3 is 0 Å². The summed E-state index contributed by atoms with van der Waals surface area (Å²) in [6, 6.07) is 12.0. The lowest BCUT2D eigenvalue weighted by Gasteiger charge is -2.22. The molecule has 2 aromatic rings. The molecule has 0 aliphatic heterocycles. The lowest BCUT2D eigenvalue weighted by molar-refractivity contribution is 0.452. The van der Waals surface area contributed by atoms with Crippen molar-refractivity contribution in [3.8, 4) is 11.5 Å². The minimum Gasteiger partial charge on any atom is -0.457 e. The van der Waals surface area contributed by atoms with Crippen molar-refractivity contribution in [3.05, 3.63) is 53.8 Å². The van der Waals surface area contributed by atoms with Gasteiger partial charge in [0.05, 0.1) is 0 Å². The van der Waals surface area contributed by atoms with E-state index in [1.54, 1.807) is 6.07 Å². The highest BCUT2D eigenvalue weighted by molar-refractivity contribution is 5.47. The summed E-state index contributed by atoms with van der Waals surface area (Å²) >= 11 is 0. The van der Waals surface area contributed by atoms with Gasteiger partial charge in [-0.25, -0.2) is 4.39 Å². The van der Waals surface area contributed by atoms with Crippen LogP contribution in [0.15, 0.2) is 42.5 Å². The molecule has 0 amide bonds. The second-order valence-corrected chi connectivity index (χ2v) is 5.57. The molecule has 0 saturated carbocycles. The maximum absolute atomic E-state index is 13.3. The van der Waals surface area contributed by atoms with Crippen LogP contribution in [0.4, 0.5) is 10.1 Å². The van der Waals surface area contributed by atoms with Crippen LogP contribution in [-0.2, 0) is 5.41 Å². The van der Waals surface area contributed by atoms with Crippen LogP contribution < -0.4 is 10.5 Å². The lowest BCUT2D eigenvalue weighted by atomic mass is 9.86. The molecule has 0 atom stereocenters. The van der Waals surface area contributed by atoms with Gasteiger partial charge in [0.25, 0.3) is 0 Å². The Bertz CT molecular complexity index is 567. The quantitative estimate of drug-likeness (QED) is 0.806. The number of anilines is 1. The van der Waals surface area contributed by atoms with E-state index in [0.717, 1.165) is 11.3 Å². The Kier molecular flexibility index (Phi) is 3.47. The molecule has 0 spiro atoms. The zero-order valence-corrected chi connectivity index (χ0v) is 11.4. The topological polar surface area (TPSA) is 35.2 Å². The third kappa shape index (κ3) is 3.25. The molecule has 0 aromatic heterocycles. The van der Waals surface area contributed by atoms with Gasteiger partial charge in [-0.1, -0.05) is 39.0 Å². The van der Waals surface area contributed by atoms with E-state index in [2.05, 4.69) is 20.8 Å². The van der Waals surface area contributed by atoms with E-state index in [0.29, 0.717) is 11.4 Å². The molecule has 0 saturated heterocycles. The summed E-state index contributed by atoms with van der Waals surface area (Å²) in [4.78, 5) is 0. The average Bonchev–Trinajstić information content (AvgIpc) is 2.26. The van der Waals surface area contributed by atoms with Crippen LogP contribution in [0.25, 0.3) is 0 Å². The highest BCUT2D eigenvalue weighted by Crippen LogP contribution is 2.34. The van der Waals surface area contributed by atoms with Gasteiger partial charge in [-0.3, -0.25) is 0 Å². The molecule has 0 aliphatic rings. The van der Waals surface area contributed by atoms with Crippen LogP contribution in [0.2, 0.25) is 0 Å². The first-order valence-corrected chi connectivity index (χ1v) is 6.20. The molecular formula is C16H18FNO. The maximum Gasteiger partial charge on any atom is 0.132 e. The molecule has 0 aliphatic carbocycles. The highest BCUT2D eigenvalue weighted by Gasteiger charge is 2.18. The number of hydrogen-bond acceptors (Lipinski definition) is 2. The third-order valence-corrected chi connectivity index (χ3v) is 2.82. The van der Waals surface area contributed by atoms with Crippen LogP contribution >= 0.6 is 0 Å². The van der Waals surface area contributed by atoms with E-state index in [1.165, 1.54) is 12.1 Å². The minimum atomic E-state index is -0.400. The highest BCUT2D eigenvalue weighted by atomic mass is 19.1. The van der Waals surface area contributed by atoms with Crippen molar-refractivity contribution in [2.75, 3.05) is 5.73 Å². The summed E-state index contributed by atoms with van der Waals surface area (Å²) in [6.45, 7) is 6.32. The summed E-state index contributed by atoms with van der Waals surface area (Å²) in [6.07, 6.45) is 0. The third-order valence-electron chi connectivity index (χ3n) is 2.82. The lowest BCUT2D eigenvalue weighted by Crippen LogP contribution is -2.12. The summed E-state index contributed by atoms with van der Waals surface area (Å²) in [5.74, 6) is 0.734. The van der Waals surface area contributed by atoms with Crippen molar-refractivity contribution < 1.29 is 9.13 Å². The average molecular weight is 259 g/mol. The minimum absolute atomic E-state index is 0.0462. The van der Waals surface area contributed by atoms with Crippen LogP contribution in [0, 0.1) is 5.82 Å². The number of hydrogen-bond donors (Lipinski definition) is 1. The van der Waals surface area contributed by atoms with E-state index in [-0.39, 0.29) is 5.41 Å². The van der Waals surface area contributed by atoms with Gasteiger partial charge in [-0.05, 0) is 17.5 Å². The molecule has 0 fully saturated rings.